The van der Waals surface area contributed by atoms with Crippen LogP contribution >= 0.6 is 0 Å². The van der Waals surface area contributed by atoms with Crippen LogP contribution in [-0.4, -0.2) is 84.8 Å². The van der Waals surface area contributed by atoms with Crippen molar-refractivity contribution in [3.05, 3.63) is 12.7 Å². The summed E-state index contributed by atoms with van der Waals surface area (Å²) in [7, 11) is 0. The summed E-state index contributed by atoms with van der Waals surface area (Å²) in [4.78, 5) is 77.4. The highest BCUT2D eigenvalue weighted by Gasteiger charge is 2.42. The molecular weight excluding hydrogens is 638 g/mol. The monoisotopic (exact) mass is 710 g/mol. The molecule has 0 bridgehead atoms. The van der Waals surface area contributed by atoms with E-state index in [2.05, 4.69) is 41.7 Å². The zero-order valence-corrected chi connectivity index (χ0v) is 33.0. The van der Waals surface area contributed by atoms with Crippen molar-refractivity contribution in [3.63, 3.8) is 0 Å². The summed E-state index contributed by atoms with van der Waals surface area (Å²) >= 11 is 0. The van der Waals surface area contributed by atoms with Crippen LogP contribution in [0.3, 0.4) is 0 Å². The van der Waals surface area contributed by atoms with E-state index < -0.39 is 59.0 Å². The minimum atomic E-state index is -1.02. The first kappa shape index (κ1) is 48.7. The second kappa shape index (κ2) is 28.3. The number of likely N-dealkylation sites (tertiary alicyclic amines) is 1. The highest BCUT2D eigenvalue weighted by Crippen LogP contribution is 2.29. The van der Waals surface area contributed by atoms with Crippen molar-refractivity contribution in [3.8, 4) is 0 Å². The van der Waals surface area contributed by atoms with Crippen LogP contribution in [0.25, 0.3) is 0 Å². The SMILES string of the molecule is C1CCC1.C=CCNC(=O)C(=O)C(CCC)NC(=O)C1CCCN1C(=O)C(NC(=O)NCC(=O)OCC1CC1)C(C)(C)C.CC.CC.CCC. The Morgan fingerprint density at radius 1 is 0.860 bits per heavy atom. The fraction of sp³-hybridized carbons (Fsp3) is 0.789. The number of nitrogens with zero attached hydrogens (tertiary/aromatic N) is 1. The van der Waals surface area contributed by atoms with E-state index in [-0.39, 0.29) is 19.5 Å². The zero-order valence-electron chi connectivity index (χ0n) is 33.0. The number of carbonyl (C=O) groups is 6. The highest BCUT2D eigenvalue weighted by atomic mass is 16.5. The first-order valence-electron chi connectivity index (χ1n) is 19.0. The number of hydrogen-bond donors (Lipinski definition) is 4. The van der Waals surface area contributed by atoms with Crippen LogP contribution in [0.1, 0.15) is 140 Å². The Hall–Kier alpha value is -3.44. The molecular formula is C38H71N5O7. The van der Waals surface area contributed by atoms with E-state index in [4.69, 9.17) is 4.74 Å². The lowest BCUT2D eigenvalue weighted by atomic mass is 9.85. The van der Waals surface area contributed by atoms with Crippen molar-refractivity contribution in [2.45, 2.75) is 158 Å². The van der Waals surface area contributed by atoms with E-state index in [0.717, 1.165) is 12.8 Å². The molecule has 12 nitrogen and oxygen atoms in total. The van der Waals surface area contributed by atoms with Crippen molar-refractivity contribution >= 4 is 35.5 Å². The van der Waals surface area contributed by atoms with Gasteiger partial charge in [-0.05, 0) is 43.4 Å². The van der Waals surface area contributed by atoms with E-state index in [9.17, 15) is 28.8 Å². The molecule has 4 N–H and O–H groups in total. The molecule has 3 rings (SSSR count). The number of ketones is 1. The van der Waals surface area contributed by atoms with Gasteiger partial charge in [-0.1, -0.05) is 114 Å². The molecule has 5 amide bonds. The first-order valence-corrected chi connectivity index (χ1v) is 19.0. The number of hydrogen-bond acceptors (Lipinski definition) is 7. The topological polar surface area (TPSA) is 163 Å². The van der Waals surface area contributed by atoms with Gasteiger partial charge >= 0.3 is 12.0 Å². The van der Waals surface area contributed by atoms with Gasteiger partial charge in [0.25, 0.3) is 5.91 Å². The van der Waals surface area contributed by atoms with Gasteiger partial charge in [0.15, 0.2) is 0 Å². The van der Waals surface area contributed by atoms with Crippen LogP contribution in [-0.2, 0) is 28.7 Å². The molecule has 1 saturated heterocycles. The van der Waals surface area contributed by atoms with E-state index in [1.807, 2.05) is 34.6 Å². The molecule has 0 aromatic heterocycles. The van der Waals surface area contributed by atoms with Crippen LogP contribution in [0.4, 0.5) is 4.79 Å². The average Bonchev–Trinajstić information content (AvgIpc) is 3.76. The van der Waals surface area contributed by atoms with Gasteiger partial charge in [0.05, 0.1) is 12.6 Å². The fourth-order valence-electron chi connectivity index (χ4n) is 4.48. The van der Waals surface area contributed by atoms with Crippen molar-refractivity contribution in [1.29, 1.82) is 0 Å². The first-order chi connectivity index (χ1) is 23.8. The second-order valence-electron chi connectivity index (χ2n) is 13.3. The average molecular weight is 710 g/mol. The van der Waals surface area contributed by atoms with Gasteiger partial charge in [0, 0.05) is 13.1 Å². The third kappa shape index (κ3) is 20.3. The predicted octanol–water partition coefficient (Wildman–Crippen LogP) is 5.83. The number of amides is 5. The minimum absolute atomic E-state index is 0.124. The van der Waals surface area contributed by atoms with Gasteiger partial charge < -0.3 is 30.9 Å². The molecule has 290 valence electrons. The van der Waals surface area contributed by atoms with Crippen molar-refractivity contribution < 1.29 is 33.5 Å². The van der Waals surface area contributed by atoms with Gasteiger partial charge in [-0.25, -0.2) is 4.79 Å². The molecule has 12 heteroatoms. The Bertz CT molecular complexity index is 1020. The normalized spacial score (nSPS) is 16.8. The van der Waals surface area contributed by atoms with E-state index in [1.165, 1.54) is 43.1 Å². The highest BCUT2D eigenvalue weighted by molar-refractivity contribution is 6.38. The summed E-state index contributed by atoms with van der Waals surface area (Å²) in [5.74, 6) is -2.70. The lowest BCUT2D eigenvalue weighted by molar-refractivity contribution is -0.143. The quantitative estimate of drug-likeness (QED) is 0.100. The van der Waals surface area contributed by atoms with Crippen LogP contribution in [0, 0.1) is 11.3 Å². The van der Waals surface area contributed by atoms with E-state index in [1.54, 1.807) is 20.8 Å². The van der Waals surface area contributed by atoms with Crippen molar-refractivity contribution in [2.24, 2.45) is 11.3 Å². The Kier molecular flexibility index (Phi) is 27.5. The van der Waals surface area contributed by atoms with Gasteiger partial charge in [-0.15, -0.1) is 6.58 Å². The van der Waals surface area contributed by atoms with Crippen LogP contribution in [0.15, 0.2) is 12.7 Å². The number of Topliss-reactive ketones (excluding diaryl/α,β-unsaturated/α-hetero) is 1. The Morgan fingerprint density at radius 2 is 1.42 bits per heavy atom. The fourth-order valence-corrected chi connectivity index (χ4v) is 4.48. The predicted molar refractivity (Wildman–Crippen MR) is 200 cm³/mol. The van der Waals surface area contributed by atoms with Gasteiger partial charge in [-0.3, -0.25) is 24.0 Å². The lowest BCUT2D eigenvalue weighted by Gasteiger charge is -2.35. The summed E-state index contributed by atoms with van der Waals surface area (Å²) < 4.78 is 5.10. The third-order valence-corrected chi connectivity index (χ3v) is 7.64. The van der Waals surface area contributed by atoms with Crippen molar-refractivity contribution in [1.82, 2.24) is 26.2 Å². The zero-order chi connectivity index (χ0) is 38.7. The summed E-state index contributed by atoms with van der Waals surface area (Å²) in [5, 5.41) is 10.2. The minimum Gasteiger partial charge on any atom is -0.464 e. The standard InChI is InChI=1S/C27H43N5O7.C4H8.C3H8.2C2H6/c1-6-9-18(21(34)24(36)28-13-7-2)30-23(35)19-10-8-14-32(19)25(37)22(27(3,4)5)31-26(38)29-15-20(33)39-16-17-11-12-17;1-2-4-3-1;1-3-2;2*1-2/h7,17-19,22H,2,6,8-16H2,1,3-5H3,(H,28,36)(H,30,35)(H2,29,31,38);1-4H2;3H2,1-2H3;2*1-2H3. The number of ether oxygens (including phenoxy) is 1. The number of carbonyl (C=O) groups excluding carboxylic acids is 6. The maximum absolute atomic E-state index is 13.6. The molecule has 3 fully saturated rings. The maximum atomic E-state index is 13.6. The van der Waals surface area contributed by atoms with Gasteiger partial charge in [-0.2, -0.15) is 0 Å². The smallest absolute Gasteiger partial charge is 0.325 e. The van der Waals surface area contributed by atoms with Crippen LogP contribution < -0.4 is 21.3 Å². The lowest BCUT2D eigenvalue weighted by Crippen LogP contribution is -2.60. The molecule has 1 heterocycles. The summed E-state index contributed by atoms with van der Waals surface area (Å²) in [6.45, 7) is 23.4. The molecule has 2 aliphatic carbocycles. The van der Waals surface area contributed by atoms with Crippen LogP contribution in [0.2, 0.25) is 0 Å². The third-order valence-electron chi connectivity index (χ3n) is 7.64. The molecule has 2 saturated carbocycles. The van der Waals surface area contributed by atoms with Gasteiger partial charge in [0.2, 0.25) is 17.6 Å². The van der Waals surface area contributed by atoms with E-state index >= 15 is 0 Å². The molecule has 50 heavy (non-hydrogen) atoms. The number of nitrogens with one attached hydrogen (secondary N) is 4. The van der Waals surface area contributed by atoms with Gasteiger partial charge in [0.1, 0.15) is 18.6 Å². The summed E-state index contributed by atoms with van der Waals surface area (Å²) in [5.41, 5.74) is -0.714. The Morgan fingerprint density at radius 3 is 1.88 bits per heavy atom. The maximum Gasteiger partial charge on any atom is 0.325 e. The number of rotatable bonds is 14. The molecule has 0 spiro atoms. The molecule has 3 aliphatic rings. The summed E-state index contributed by atoms with van der Waals surface area (Å²) in [6, 6.07) is -3.57. The largest absolute Gasteiger partial charge is 0.464 e. The molecule has 3 atom stereocenters. The second-order valence-corrected chi connectivity index (χ2v) is 13.3. The molecule has 0 radical (unpaired) electrons. The molecule has 0 aromatic carbocycles. The number of esters is 1. The van der Waals surface area contributed by atoms with Crippen molar-refractivity contribution in [2.75, 3.05) is 26.2 Å². The molecule has 3 unspecified atom stereocenters. The molecule has 0 aromatic rings. The van der Waals surface area contributed by atoms with Crippen LogP contribution in [0.5, 0.6) is 0 Å². The summed E-state index contributed by atoms with van der Waals surface area (Å²) in [6.07, 6.45) is 12.5. The number of urea groups is 1. The Labute approximate surface area is 303 Å². The molecule has 1 aliphatic heterocycles. The Balaban J connectivity index is 0. The van der Waals surface area contributed by atoms with E-state index in [0.29, 0.717) is 38.3 Å².